The van der Waals surface area contributed by atoms with E-state index in [1.165, 1.54) is 32.1 Å². The number of pyridine rings is 2. The van der Waals surface area contributed by atoms with E-state index in [0.29, 0.717) is 5.02 Å². The zero-order valence-electron chi connectivity index (χ0n) is 17.6. The Kier molecular flexibility index (Phi) is 6.02. The molecule has 2 aliphatic rings. The molecule has 31 heavy (non-hydrogen) atoms. The fraction of sp³-hybridized carbons (Fsp3) is 0.478. The van der Waals surface area contributed by atoms with Crippen LogP contribution in [0.2, 0.25) is 5.02 Å². The predicted molar refractivity (Wildman–Crippen MR) is 123 cm³/mol. The highest BCUT2D eigenvalue weighted by Crippen LogP contribution is 2.49. The molecule has 2 fully saturated rings. The van der Waals surface area contributed by atoms with E-state index in [9.17, 15) is 0 Å². The number of hydrogen-bond acceptors (Lipinski definition) is 6. The molecule has 1 saturated carbocycles. The Balaban J connectivity index is 1.05. The Labute approximate surface area is 187 Å². The topological polar surface area (TPSA) is 71.8 Å². The third-order valence-electron chi connectivity index (χ3n) is 6.65. The van der Waals surface area contributed by atoms with Crippen molar-refractivity contribution in [1.82, 2.24) is 25.0 Å². The van der Waals surface area contributed by atoms with Crippen LogP contribution in [0.3, 0.4) is 0 Å². The normalized spacial score (nSPS) is 23.4. The molecule has 3 aromatic rings. The molecule has 4 heterocycles. The van der Waals surface area contributed by atoms with Crippen molar-refractivity contribution in [1.29, 1.82) is 0 Å². The first kappa shape index (κ1) is 20.2. The largest absolute Gasteiger partial charge is 0.370 e. The molecule has 3 aromatic heterocycles. The lowest BCUT2D eigenvalue weighted by Gasteiger charge is -2.21. The lowest BCUT2D eigenvalue weighted by Crippen LogP contribution is -2.25. The Morgan fingerprint density at radius 2 is 2.03 bits per heavy atom. The number of aromatic nitrogens is 5. The van der Waals surface area contributed by atoms with Gasteiger partial charge in [-0.1, -0.05) is 16.8 Å². The highest BCUT2D eigenvalue weighted by Gasteiger charge is 2.42. The van der Waals surface area contributed by atoms with E-state index in [1.807, 2.05) is 36.7 Å². The lowest BCUT2D eigenvalue weighted by atomic mass is 9.93. The summed E-state index contributed by atoms with van der Waals surface area (Å²) in [5.41, 5.74) is 0.918. The number of anilines is 2. The van der Waals surface area contributed by atoms with Crippen LogP contribution < -0.4 is 10.2 Å². The van der Waals surface area contributed by atoms with Gasteiger partial charge in [0.25, 0.3) is 0 Å². The fourth-order valence-electron chi connectivity index (χ4n) is 4.87. The summed E-state index contributed by atoms with van der Waals surface area (Å²) in [6, 6.07) is 8.00. The second kappa shape index (κ2) is 9.22. The molecular formula is C23H28ClN7. The Hall–Kier alpha value is -2.67. The van der Waals surface area contributed by atoms with Gasteiger partial charge in [-0.25, -0.2) is 14.6 Å². The average molecular weight is 438 g/mol. The van der Waals surface area contributed by atoms with Crippen molar-refractivity contribution in [2.45, 2.75) is 32.1 Å². The monoisotopic (exact) mass is 437 g/mol. The van der Waals surface area contributed by atoms with Crippen LogP contribution in [0.5, 0.6) is 0 Å². The second-order valence-electron chi connectivity index (χ2n) is 8.64. The maximum absolute atomic E-state index is 5.98. The first-order chi connectivity index (χ1) is 15.3. The SMILES string of the molecule is Clc1ccc(N2CCCC(C3CC3CCNc3ccc(-n4ccnn4)cn3)CC2)nc1. The maximum Gasteiger partial charge on any atom is 0.128 e. The summed E-state index contributed by atoms with van der Waals surface area (Å²) >= 11 is 5.98. The molecule has 0 radical (unpaired) electrons. The molecule has 8 heteroatoms. The van der Waals surface area contributed by atoms with E-state index in [4.69, 9.17) is 11.6 Å². The first-order valence-electron chi connectivity index (χ1n) is 11.2. The Morgan fingerprint density at radius 1 is 1.06 bits per heavy atom. The standard InChI is InChI=1S/C23H28ClN7/c24-19-3-6-23(27-15-19)30-11-1-2-17(8-12-30)21-14-18(21)7-9-25-22-5-4-20(16-26-22)31-13-10-28-29-31/h3-6,10,13,15-18,21H,1-2,7-9,11-12,14H2,(H,25,26). The third kappa shape index (κ3) is 4.98. The van der Waals surface area contributed by atoms with Gasteiger partial charge in [-0.2, -0.15) is 0 Å². The van der Waals surface area contributed by atoms with Gasteiger partial charge in [0, 0.05) is 25.8 Å². The number of halogens is 1. The molecule has 5 rings (SSSR count). The van der Waals surface area contributed by atoms with E-state index >= 15 is 0 Å². The molecule has 162 valence electrons. The highest BCUT2D eigenvalue weighted by molar-refractivity contribution is 6.30. The van der Waals surface area contributed by atoms with Gasteiger partial charge in [0.15, 0.2) is 0 Å². The number of nitrogens with one attached hydrogen (secondary N) is 1. The van der Waals surface area contributed by atoms with Crippen molar-refractivity contribution in [2.24, 2.45) is 17.8 Å². The first-order valence-corrected chi connectivity index (χ1v) is 11.6. The smallest absolute Gasteiger partial charge is 0.128 e. The zero-order valence-corrected chi connectivity index (χ0v) is 18.3. The van der Waals surface area contributed by atoms with Crippen molar-refractivity contribution in [3.05, 3.63) is 54.1 Å². The number of nitrogens with zero attached hydrogens (tertiary/aromatic N) is 6. The van der Waals surface area contributed by atoms with E-state index in [0.717, 1.165) is 54.7 Å². The summed E-state index contributed by atoms with van der Waals surface area (Å²) in [5, 5.41) is 12.0. The van der Waals surface area contributed by atoms with Crippen molar-refractivity contribution in [2.75, 3.05) is 29.9 Å². The average Bonchev–Trinajstić information content (AvgIpc) is 3.43. The van der Waals surface area contributed by atoms with Crippen LogP contribution in [0.15, 0.2) is 49.1 Å². The molecule has 0 amide bonds. The molecule has 0 aromatic carbocycles. The summed E-state index contributed by atoms with van der Waals surface area (Å²) < 4.78 is 1.71. The van der Waals surface area contributed by atoms with Crippen LogP contribution in [0, 0.1) is 17.8 Å². The Morgan fingerprint density at radius 3 is 2.81 bits per heavy atom. The van der Waals surface area contributed by atoms with Gasteiger partial charge in [0.1, 0.15) is 11.6 Å². The zero-order chi connectivity index (χ0) is 21.0. The van der Waals surface area contributed by atoms with Gasteiger partial charge in [0.2, 0.25) is 0 Å². The van der Waals surface area contributed by atoms with Crippen LogP contribution in [0.1, 0.15) is 32.1 Å². The lowest BCUT2D eigenvalue weighted by molar-refractivity contribution is 0.392. The van der Waals surface area contributed by atoms with Gasteiger partial charge < -0.3 is 10.2 Å². The summed E-state index contributed by atoms with van der Waals surface area (Å²) in [6.45, 7) is 3.17. The second-order valence-corrected chi connectivity index (χ2v) is 9.07. The molecule has 1 aliphatic carbocycles. The Bertz CT molecular complexity index is 959. The maximum atomic E-state index is 5.98. The van der Waals surface area contributed by atoms with E-state index < -0.39 is 0 Å². The summed E-state index contributed by atoms with van der Waals surface area (Å²) in [7, 11) is 0. The van der Waals surface area contributed by atoms with Crippen LogP contribution in [-0.2, 0) is 0 Å². The molecule has 3 atom stereocenters. The molecule has 7 nitrogen and oxygen atoms in total. The molecule has 1 saturated heterocycles. The van der Waals surface area contributed by atoms with Gasteiger partial charge in [-0.3, -0.25) is 0 Å². The minimum atomic E-state index is 0.701. The molecule has 1 N–H and O–H groups in total. The summed E-state index contributed by atoms with van der Waals surface area (Å²) in [5.74, 6) is 4.57. The number of hydrogen-bond donors (Lipinski definition) is 1. The molecule has 0 bridgehead atoms. The van der Waals surface area contributed by atoms with Crippen LogP contribution in [0.4, 0.5) is 11.6 Å². The van der Waals surface area contributed by atoms with E-state index in [2.05, 4.69) is 30.5 Å². The quantitative estimate of drug-likeness (QED) is 0.588. The van der Waals surface area contributed by atoms with Gasteiger partial charge in [-0.05, 0) is 74.1 Å². The minimum Gasteiger partial charge on any atom is -0.370 e. The van der Waals surface area contributed by atoms with E-state index in [-0.39, 0.29) is 0 Å². The number of rotatable bonds is 7. The fourth-order valence-corrected chi connectivity index (χ4v) is 4.98. The van der Waals surface area contributed by atoms with E-state index in [1.54, 1.807) is 17.1 Å². The highest BCUT2D eigenvalue weighted by atomic mass is 35.5. The van der Waals surface area contributed by atoms with Gasteiger partial charge in [0.05, 0.1) is 29.3 Å². The molecule has 3 unspecified atom stereocenters. The van der Waals surface area contributed by atoms with Gasteiger partial charge >= 0.3 is 0 Å². The predicted octanol–water partition coefficient (Wildman–Crippen LogP) is 4.46. The molecule has 1 aliphatic heterocycles. The van der Waals surface area contributed by atoms with Crippen LogP contribution in [-0.4, -0.2) is 44.6 Å². The molecule has 0 spiro atoms. The van der Waals surface area contributed by atoms with Crippen LogP contribution >= 0.6 is 11.6 Å². The van der Waals surface area contributed by atoms with Crippen molar-refractivity contribution in [3.8, 4) is 5.69 Å². The summed E-state index contributed by atoms with van der Waals surface area (Å²) in [6.07, 6.45) is 13.5. The molecular weight excluding hydrogens is 410 g/mol. The van der Waals surface area contributed by atoms with Gasteiger partial charge in [-0.15, -0.1) is 5.10 Å². The van der Waals surface area contributed by atoms with Crippen molar-refractivity contribution < 1.29 is 0 Å². The third-order valence-corrected chi connectivity index (χ3v) is 6.87. The van der Waals surface area contributed by atoms with Crippen molar-refractivity contribution >= 4 is 23.2 Å². The summed E-state index contributed by atoms with van der Waals surface area (Å²) in [4.78, 5) is 11.4. The van der Waals surface area contributed by atoms with Crippen molar-refractivity contribution in [3.63, 3.8) is 0 Å². The minimum absolute atomic E-state index is 0.701. The van der Waals surface area contributed by atoms with Crippen LogP contribution in [0.25, 0.3) is 5.69 Å².